The average molecular weight is 298 g/mol. The van der Waals surface area contributed by atoms with Crippen molar-refractivity contribution >= 4 is 28.8 Å². The Morgan fingerprint density at radius 2 is 1.55 bits per heavy atom. The third-order valence-corrected chi connectivity index (χ3v) is 3.54. The van der Waals surface area contributed by atoms with Gasteiger partial charge in [-0.1, -0.05) is 48.5 Å². The molecule has 4 heteroatoms. The SMILES string of the molecule is COC(=O)C(C(=O)OC)/C(C)=C\c1cccc2ccccc12. The molecule has 0 spiro atoms. The number of ether oxygens (including phenoxy) is 2. The van der Waals surface area contributed by atoms with Gasteiger partial charge >= 0.3 is 11.9 Å². The van der Waals surface area contributed by atoms with Crippen LogP contribution in [0.2, 0.25) is 0 Å². The lowest BCUT2D eigenvalue weighted by Crippen LogP contribution is -2.27. The number of carbonyl (C=O) groups is 2. The number of rotatable bonds is 4. The van der Waals surface area contributed by atoms with E-state index in [4.69, 9.17) is 9.47 Å². The van der Waals surface area contributed by atoms with Crippen molar-refractivity contribution < 1.29 is 19.1 Å². The Bertz CT molecular complexity index is 709. The van der Waals surface area contributed by atoms with Crippen LogP contribution in [0.5, 0.6) is 0 Å². The molecule has 0 saturated carbocycles. The molecule has 0 aliphatic rings. The Balaban J connectivity index is 2.48. The lowest BCUT2D eigenvalue weighted by atomic mass is 9.96. The van der Waals surface area contributed by atoms with Gasteiger partial charge in [-0.2, -0.15) is 0 Å². The molecule has 0 amide bonds. The predicted octanol–water partition coefficient (Wildman–Crippen LogP) is 3.21. The summed E-state index contributed by atoms with van der Waals surface area (Å²) in [6.07, 6.45) is 1.82. The zero-order chi connectivity index (χ0) is 16.1. The molecule has 0 radical (unpaired) electrons. The van der Waals surface area contributed by atoms with Crippen molar-refractivity contribution in [2.75, 3.05) is 14.2 Å². The molecule has 0 heterocycles. The fourth-order valence-electron chi connectivity index (χ4n) is 2.41. The maximum Gasteiger partial charge on any atom is 0.324 e. The minimum absolute atomic E-state index is 0.579. The zero-order valence-electron chi connectivity index (χ0n) is 12.8. The van der Waals surface area contributed by atoms with Gasteiger partial charge in [0.1, 0.15) is 0 Å². The quantitative estimate of drug-likeness (QED) is 0.642. The molecule has 2 aromatic rings. The van der Waals surface area contributed by atoms with Crippen molar-refractivity contribution in [1.82, 2.24) is 0 Å². The van der Waals surface area contributed by atoms with E-state index in [1.807, 2.05) is 48.5 Å². The van der Waals surface area contributed by atoms with Crippen LogP contribution >= 0.6 is 0 Å². The first kappa shape index (κ1) is 15.8. The first-order valence-electron chi connectivity index (χ1n) is 6.90. The largest absolute Gasteiger partial charge is 0.468 e. The van der Waals surface area contributed by atoms with E-state index in [0.29, 0.717) is 5.57 Å². The highest BCUT2D eigenvalue weighted by Crippen LogP contribution is 2.24. The molecule has 0 atom stereocenters. The lowest BCUT2D eigenvalue weighted by molar-refractivity contribution is -0.156. The Morgan fingerprint density at radius 3 is 2.18 bits per heavy atom. The van der Waals surface area contributed by atoms with Gasteiger partial charge in [0.05, 0.1) is 14.2 Å². The van der Waals surface area contributed by atoms with Crippen LogP contribution in [0.1, 0.15) is 12.5 Å². The summed E-state index contributed by atoms with van der Waals surface area (Å²) >= 11 is 0. The number of hydrogen-bond acceptors (Lipinski definition) is 4. The van der Waals surface area contributed by atoms with E-state index in [9.17, 15) is 9.59 Å². The van der Waals surface area contributed by atoms with Gasteiger partial charge in [0.25, 0.3) is 0 Å². The summed E-state index contributed by atoms with van der Waals surface area (Å²) in [5, 5.41) is 2.15. The van der Waals surface area contributed by atoms with E-state index in [1.54, 1.807) is 6.92 Å². The number of esters is 2. The van der Waals surface area contributed by atoms with E-state index in [1.165, 1.54) is 14.2 Å². The number of carbonyl (C=O) groups excluding carboxylic acids is 2. The minimum Gasteiger partial charge on any atom is -0.468 e. The Hall–Kier alpha value is -2.62. The summed E-state index contributed by atoms with van der Waals surface area (Å²) in [5.41, 5.74) is 1.52. The van der Waals surface area contributed by atoms with Gasteiger partial charge < -0.3 is 9.47 Å². The smallest absolute Gasteiger partial charge is 0.324 e. The van der Waals surface area contributed by atoms with Crippen LogP contribution in [0.3, 0.4) is 0 Å². The maximum atomic E-state index is 11.8. The normalized spacial score (nSPS) is 11.5. The molecular formula is C18H18O4. The van der Waals surface area contributed by atoms with Crippen molar-refractivity contribution in [2.24, 2.45) is 5.92 Å². The van der Waals surface area contributed by atoms with Crippen LogP contribution < -0.4 is 0 Å². The van der Waals surface area contributed by atoms with Crippen molar-refractivity contribution in [3.8, 4) is 0 Å². The van der Waals surface area contributed by atoms with Crippen molar-refractivity contribution in [2.45, 2.75) is 6.92 Å². The van der Waals surface area contributed by atoms with Crippen LogP contribution in [0.4, 0.5) is 0 Å². The summed E-state index contributed by atoms with van der Waals surface area (Å²) in [6, 6.07) is 13.8. The van der Waals surface area contributed by atoms with Gasteiger partial charge in [-0.25, -0.2) is 0 Å². The van der Waals surface area contributed by atoms with Crippen LogP contribution in [0.15, 0.2) is 48.0 Å². The second kappa shape index (κ2) is 6.89. The Kier molecular flexibility index (Phi) is 4.94. The summed E-state index contributed by atoms with van der Waals surface area (Å²) in [5.74, 6) is -2.30. The van der Waals surface area contributed by atoms with Gasteiger partial charge in [-0.3, -0.25) is 9.59 Å². The molecule has 0 N–H and O–H groups in total. The third kappa shape index (κ3) is 3.17. The fraction of sp³-hybridized carbons (Fsp3) is 0.222. The van der Waals surface area contributed by atoms with E-state index in [-0.39, 0.29) is 0 Å². The molecule has 0 saturated heterocycles. The van der Waals surface area contributed by atoms with Crippen LogP contribution in [-0.4, -0.2) is 26.2 Å². The highest BCUT2D eigenvalue weighted by Gasteiger charge is 2.30. The monoisotopic (exact) mass is 298 g/mol. The molecule has 0 bridgehead atoms. The van der Waals surface area contributed by atoms with E-state index in [0.717, 1.165) is 16.3 Å². The first-order chi connectivity index (χ1) is 10.6. The number of methoxy groups -OCH3 is 2. The Morgan fingerprint density at radius 1 is 0.955 bits per heavy atom. The molecule has 114 valence electrons. The molecule has 0 aliphatic carbocycles. The number of fused-ring (bicyclic) bond motifs is 1. The van der Waals surface area contributed by atoms with Crippen molar-refractivity contribution in [3.63, 3.8) is 0 Å². The minimum atomic E-state index is -1.05. The summed E-state index contributed by atoms with van der Waals surface area (Å²) in [6.45, 7) is 1.72. The standard InChI is InChI=1S/C18H18O4/c1-12(16(17(19)21-2)18(20)22-3)11-14-9-6-8-13-7-4-5-10-15(13)14/h4-11,16H,1-3H3/b12-11-. The molecule has 0 fully saturated rings. The van der Waals surface area contributed by atoms with Gasteiger partial charge in [0, 0.05) is 0 Å². The second-order valence-corrected chi connectivity index (χ2v) is 4.94. The number of hydrogen-bond donors (Lipinski definition) is 0. The van der Waals surface area contributed by atoms with Crippen LogP contribution in [0.25, 0.3) is 16.8 Å². The fourth-order valence-corrected chi connectivity index (χ4v) is 2.41. The molecule has 2 rings (SSSR count). The molecule has 22 heavy (non-hydrogen) atoms. The highest BCUT2D eigenvalue weighted by molar-refractivity contribution is 6.00. The van der Waals surface area contributed by atoms with Crippen LogP contribution in [-0.2, 0) is 19.1 Å². The van der Waals surface area contributed by atoms with E-state index >= 15 is 0 Å². The Labute approximate surface area is 129 Å². The molecule has 0 aliphatic heterocycles. The molecule has 0 unspecified atom stereocenters. The van der Waals surface area contributed by atoms with Gasteiger partial charge in [-0.05, 0) is 28.8 Å². The summed E-state index contributed by atoms with van der Waals surface area (Å²) < 4.78 is 9.40. The van der Waals surface area contributed by atoms with Gasteiger partial charge in [-0.15, -0.1) is 0 Å². The molecule has 4 nitrogen and oxygen atoms in total. The molecule has 2 aromatic carbocycles. The maximum absolute atomic E-state index is 11.8. The van der Waals surface area contributed by atoms with Gasteiger partial charge in [0.2, 0.25) is 0 Å². The third-order valence-electron chi connectivity index (χ3n) is 3.54. The van der Waals surface area contributed by atoms with Crippen molar-refractivity contribution in [3.05, 3.63) is 53.6 Å². The highest BCUT2D eigenvalue weighted by atomic mass is 16.5. The topological polar surface area (TPSA) is 52.6 Å². The van der Waals surface area contributed by atoms with Gasteiger partial charge in [0.15, 0.2) is 5.92 Å². The van der Waals surface area contributed by atoms with Crippen LogP contribution in [0, 0.1) is 5.92 Å². The first-order valence-corrected chi connectivity index (χ1v) is 6.90. The molecular weight excluding hydrogens is 280 g/mol. The van der Waals surface area contributed by atoms with E-state index in [2.05, 4.69) is 0 Å². The van der Waals surface area contributed by atoms with E-state index < -0.39 is 17.9 Å². The molecule has 0 aromatic heterocycles. The average Bonchev–Trinajstić information content (AvgIpc) is 2.55. The van der Waals surface area contributed by atoms with Crippen molar-refractivity contribution in [1.29, 1.82) is 0 Å². The lowest BCUT2D eigenvalue weighted by Gasteiger charge is -2.13. The summed E-state index contributed by atoms with van der Waals surface area (Å²) in [4.78, 5) is 23.7. The summed E-state index contributed by atoms with van der Waals surface area (Å²) in [7, 11) is 2.51. The zero-order valence-corrected chi connectivity index (χ0v) is 12.8. The predicted molar refractivity (Wildman–Crippen MR) is 85.1 cm³/mol. The second-order valence-electron chi connectivity index (χ2n) is 4.94. The number of benzene rings is 2.